The van der Waals surface area contributed by atoms with Crippen LogP contribution in [0.1, 0.15) is 13.3 Å². The molecule has 0 rings (SSSR count). The Kier molecular flexibility index (Phi) is 6.23. The molecule has 0 aliphatic heterocycles. The molecule has 0 aromatic heterocycles. The molecule has 0 N–H and O–H groups in total. The average molecular weight is 184 g/mol. The van der Waals surface area contributed by atoms with Gasteiger partial charge in [-0.25, -0.2) is 9.59 Å². The first-order valence-corrected chi connectivity index (χ1v) is 3.87. The molecule has 0 saturated carbocycles. The highest BCUT2D eigenvalue weighted by atomic mass is 16.5. The van der Waals surface area contributed by atoms with Crippen molar-refractivity contribution in [2.75, 3.05) is 6.61 Å². The topological polar surface area (TPSA) is 52.6 Å². The third-order valence-electron chi connectivity index (χ3n) is 1.00. The number of rotatable bonds is 5. The van der Waals surface area contributed by atoms with Crippen molar-refractivity contribution in [1.82, 2.24) is 0 Å². The zero-order valence-corrected chi connectivity index (χ0v) is 7.49. The second kappa shape index (κ2) is 7.09. The van der Waals surface area contributed by atoms with Gasteiger partial charge in [-0.15, -0.1) is 0 Å². The van der Waals surface area contributed by atoms with E-state index < -0.39 is 11.9 Å². The first-order chi connectivity index (χ1) is 6.20. The summed E-state index contributed by atoms with van der Waals surface area (Å²) in [5, 5.41) is 0. The number of hydrogen-bond donors (Lipinski definition) is 0. The van der Waals surface area contributed by atoms with Crippen LogP contribution < -0.4 is 0 Å². The van der Waals surface area contributed by atoms with Gasteiger partial charge >= 0.3 is 11.9 Å². The zero-order chi connectivity index (χ0) is 10.1. The van der Waals surface area contributed by atoms with Gasteiger partial charge in [0.25, 0.3) is 0 Å². The fraction of sp³-hybridized carbons (Fsp3) is 0.333. The summed E-state index contributed by atoms with van der Waals surface area (Å²) in [7, 11) is 0. The van der Waals surface area contributed by atoms with Crippen molar-refractivity contribution in [3.05, 3.63) is 25.0 Å². The van der Waals surface area contributed by atoms with E-state index in [-0.39, 0.29) is 0 Å². The van der Waals surface area contributed by atoms with E-state index in [2.05, 4.69) is 16.1 Å². The lowest BCUT2D eigenvalue weighted by atomic mass is 10.5. The molecular weight excluding hydrogens is 172 g/mol. The minimum atomic E-state index is -0.612. The van der Waals surface area contributed by atoms with Crippen molar-refractivity contribution in [1.29, 1.82) is 0 Å². The highest BCUT2D eigenvalue weighted by Gasteiger charge is 1.95. The Morgan fingerprint density at radius 1 is 1.38 bits per heavy atom. The number of carbonyl (C=O) groups excluding carboxylic acids is 2. The first kappa shape index (κ1) is 11.4. The van der Waals surface area contributed by atoms with Crippen molar-refractivity contribution < 1.29 is 19.1 Å². The largest absolute Gasteiger partial charge is 0.462 e. The van der Waals surface area contributed by atoms with Gasteiger partial charge in [-0.2, -0.15) is 0 Å². The summed E-state index contributed by atoms with van der Waals surface area (Å²) in [5.41, 5.74) is 0. The van der Waals surface area contributed by atoms with E-state index >= 15 is 0 Å². The lowest BCUT2D eigenvalue weighted by molar-refractivity contribution is -0.138. The fourth-order valence-corrected chi connectivity index (χ4v) is 0.456. The van der Waals surface area contributed by atoms with Crippen molar-refractivity contribution in [2.45, 2.75) is 13.3 Å². The summed E-state index contributed by atoms with van der Waals surface area (Å²) < 4.78 is 9.07. The average Bonchev–Trinajstić information content (AvgIpc) is 2.14. The van der Waals surface area contributed by atoms with Crippen molar-refractivity contribution in [3.63, 3.8) is 0 Å². The SMILES string of the molecule is C=CC(=O)OC=CC(=O)OCCC. The standard InChI is InChI=1S/C9H12O4/c1-3-6-12-9(11)5-7-13-8(10)4-2/h4-5,7H,2-3,6H2,1H3. The Labute approximate surface area is 76.8 Å². The summed E-state index contributed by atoms with van der Waals surface area (Å²) in [6, 6.07) is 0. The maximum atomic E-state index is 10.7. The molecule has 0 aromatic carbocycles. The maximum Gasteiger partial charge on any atom is 0.334 e. The molecule has 0 atom stereocenters. The second-order valence-electron chi connectivity index (χ2n) is 2.11. The lowest BCUT2D eigenvalue weighted by Crippen LogP contribution is -2.02. The monoisotopic (exact) mass is 184 g/mol. The third kappa shape index (κ3) is 6.80. The number of ether oxygens (including phenoxy) is 2. The van der Waals surface area contributed by atoms with Gasteiger partial charge in [-0.05, 0) is 6.42 Å². The van der Waals surface area contributed by atoms with Crippen LogP contribution in [0.4, 0.5) is 0 Å². The molecular formula is C9H12O4. The second-order valence-corrected chi connectivity index (χ2v) is 2.11. The van der Waals surface area contributed by atoms with Crippen molar-refractivity contribution in [2.24, 2.45) is 0 Å². The van der Waals surface area contributed by atoms with Crippen LogP contribution in [0, 0.1) is 0 Å². The molecule has 0 radical (unpaired) electrons. The van der Waals surface area contributed by atoms with Crippen LogP contribution >= 0.6 is 0 Å². The van der Waals surface area contributed by atoms with Crippen LogP contribution in [0.2, 0.25) is 0 Å². The minimum Gasteiger partial charge on any atom is -0.462 e. The smallest absolute Gasteiger partial charge is 0.334 e. The Bertz CT molecular complexity index is 218. The molecule has 0 aliphatic carbocycles. The molecule has 0 aliphatic rings. The van der Waals surface area contributed by atoms with Gasteiger partial charge in [-0.3, -0.25) is 0 Å². The molecule has 0 unspecified atom stereocenters. The molecule has 13 heavy (non-hydrogen) atoms. The highest BCUT2D eigenvalue weighted by Crippen LogP contribution is 1.86. The summed E-state index contributed by atoms with van der Waals surface area (Å²) in [5.74, 6) is -1.14. The van der Waals surface area contributed by atoms with E-state index in [1.165, 1.54) is 0 Å². The predicted octanol–water partition coefficient (Wildman–Crippen LogP) is 1.18. The van der Waals surface area contributed by atoms with E-state index in [0.717, 1.165) is 24.8 Å². The fourth-order valence-electron chi connectivity index (χ4n) is 0.456. The molecule has 0 saturated heterocycles. The Hall–Kier alpha value is -1.58. The molecule has 0 fully saturated rings. The molecule has 0 spiro atoms. The van der Waals surface area contributed by atoms with Crippen LogP contribution in [0.3, 0.4) is 0 Å². The normalized spacial score (nSPS) is 9.62. The van der Waals surface area contributed by atoms with Crippen molar-refractivity contribution in [3.8, 4) is 0 Å². The third-order valence-corrected chi connectivity index (χ3v) is 1.00. The van der Waals surface area contributed by atoms with Gasteiger partial charge in [0.2, 0.25) is 0 Å². The molecule has 4 nitrogen and oxygen atoms in total. The van der Waals surface area contributed by atoms with Gasteiger partial charge in [0.1, 0.15) is 6.26 Å². The van der Waals surface area contributed by atoms with Crippen molar-refractivity contribution >= 4 is 11.9 Å². The number of esters is 2. The van der Waals surface area contributed by atoms with Gasteiger partial charge in [0.05, 0.1) is 12.7 Å². The zero-order valence-electron chi connectivity index (χ0n) is 7.49. The molecule has 0 bridgehead atoms. The molecule has 0 aromatic rings. The Balaban J connectivity index is 3.65. The van der Waals surface area contributed by atoms with Crippen LogP contribution in [0.15, 0.2) is 25.0 Å². The quantitative estimate of drug-likeness (QED) is 0.366. The molecule has 0 amide bonds. The first-order valence-electron chi connectivity index (χ1n) is 3.87. The summed E-state index contributed by atoms with van der Waals surface area (Å²) in [6.45, 7) is 5.43. The predicted molar refractivity (Wildman–Crippen MR) is 46.7 cm³/mol. The van der Waals surface area contributed by atoms with E-state index in [9.17, 15) is 9.59 Å². The van der Waals surface area contributed by atoms with E-state index in [1.807, 2.05) is 6.92 Å². The van der Waals surface area contributed by atoms with E-state index in [1.54, 1.807) is 0 Å². The Morgan fingerprint density at radius 3 is 2.62 bits per heavy atom. The van der Waals surface area contributed by atoms with Crippen LogP contribution in [-0.2, 0) is 19.1 Å². The maximum absolute atomic E-state index is 10.7. The van der Waals surface area contributed by atoms with Gasteiger partial charge in [-0.1, -0.05) is 13.5 Å². The Morgan fingerprint density at radius 2 is 2.08 bits per heavy atom. The summed E-state index contributed by atoms with van der Waals surface area (Å²) in [6.07, 6.45) is 3.77. The van der Waals surface area contributed by atoms with Gasteiger partial charge in [0.15, 0.2) is 0 Å². The highest BCUT2D eigenvalue weighted by molar-refractivity contribution is 5.84. The summed E-state index contributed by atoms with van der Waals surface area (Å²) >= 11 is 0. The minimum absolute atomic E-state index is 0.360. The number of hydrogen-bond acceptors (Lipinski definition) is 4. The van der Waals surface area contributed by atoms with Crippen LogP contribution in [0.5, 0.6) is 0 Å². The van der Waals surface area contributed by atoms with E-state index in [0.29, 0.717) is 6.61 Å². The van der Waals surface area contributed by atoms with Gasteiger partial charge < -0.3 is 9.47 Å². The van der Waals surface area contributed by atoms with Crippen LogP contribution in [-0.4, -0.2) is 18.5 Å². The summed E-state index contributed by atoms with van der Waals surface area (Å²) in [4.78, 5) is 21.2. The van der Waals surface area contributed by atoms with Crippen LogP contribution in [0.25, 0.3) is 0 Å². The molecule has 4 heteroatoms. The molecule has 0 heterocycles. The van der Waals surface area contributed by atoms with Gasteiger partial charge in [0, 0.05) is 6.08 Å². The lowest BCUT2D eigenvalue weighted by Gasteiger charge is -1.96. The number of carbonyl (C=O) groups is 2. The van der Waals surface area contributed by atoms with E-state index in [4.69, 9.17) is 0 Å². The molecule has 72 valence electrons.